The Morgan fingerprint density at radius 1 is 0.970 bits per heavy atom. The molecule has 0 bridgehead atoms. The summed E-state index contributed by atoms with van der Waals surface area (Å²) in [6.07, 6.45) is 1.70. The number of rotatable bonds is 5. The zero-order chi connectivity index (χ0) is 22.9. The minimum absolute atomic E-state index is 0.310. The van der Waals surface area contributed by atoms with E-state index in [1.165, 1.54) is 25.0 Å². The standard InChI is InChI=1S/C25H19N3O4S/c1-31-20-8-7-15(25(30)32-2)11-19(20)27-24(29)16-9-17-13-26-28-23(17)18(10-16)22-12-14-5-3-4-6-21(14)33-22/h3-13H,1-2H3,(H,26,28)(H,27,29). The van der Waals surface area contributed by atoms with Gasteiger partial charge in [-0.25, -0.2) is 4.79 Å². The SMILES string of the molecule is COC(=O)c1ccc(OC)c(NC(=O)c2cc(-c3cc4ccccc4s3)c3[nH]ncc3c2)c1. The quantitative estimate of drug-likeness (QED) is 0.340. The first-order valence-corrected chi connectivity index (χ1v) is 10.9. The Kier molecular flexibility index (Phi) is 5.27. The summed E-state index contributed by atoms with van der Waals surface area (Å²) in [5, 5.41) is 12.0. The molecule has 7 nitrogen and oxygen atoms in total. The smallest absolute Gasteiger partial charge is 0.337 e. The van der Waals surface area contributed by atoms with E-state index in [-0.39, 0.29) is 5.91 Å². The number of aromatic nitrogens is 2. The van der Waals surface area contributed by atoms with Gasteiger partial charge in [-0.1, -0.05) is 18.2 Å². The Bertz CT molecular complexity index is 1490. The molecule has 2 aromatic heterocycles. The average Bonchev–Trinajstić information content (AvgIpc) is 3.49. The number of ether oxygens (including phenoxy) is 2. The first-order chi connectivity index (χ1) is 16.1. The molecular weight excluding hydrogens is 438 g/mol. The van der Waals surface area contributed by atoms with Gasteiger partial charge in [-0.05, 0) is 47.9 Å². The second-order valence-electron chi connectivity index (χ2n) is 7.37. The number of carbonyl (C=O) groups is 2. The number of anilines is 1. The minimum Gasteiger partial charge on any atom is -0.495 e. The molecule has 0 spiro atoms. The lowest BCUT2D eigenvalue weighted by Crippen LogP contribution is -2.14. The van der Waals surface area contributed by atoms with Crippen molar-refractivity contribution in [2.45, 2.75) is 0 Å². The van der Waals surface area contributed by atoms with Crippen LogP contribution in [-0.2, 0) is 4.74 Å². The highest BCUT2D eigenvalue weighted by molar-refractivity contribution is 7.22. The van der Waals surface area contributed by atoms with Gasteiger partial charge in [0.25, 0.3) is 5.91 Å². The summed E-state index contributed by atoms with van der Waals surface area (Å²) in [5.41, 5.74) is 2.91. The van der Waals surface area contributed by atoms with Crippen LogP contribution in [0.1, 0.15) is 20.7 Å². The first-order valence-electron chi connectivity index (χ1n) is 10.1. The lowest BCUT2D eigenvalue weighted by atomic mass is 10.0. The van der Waals surface area contributed by atoms with Crippen LogP contribution in [0.4, 0.5) is 5.69 Å². The molecule has 0 unspecified atom stereocenters. The fourth-order valence-electron chi connectivity index (χ4n) is 3.74. The Morgan fingerprint density at radius 3 is 2.61 bits per heavy atom. The largest absolute Gasteiger partial charge is 0.495 e. The van der Waals surface area contributed by atoms with Gasteiger partial charge in [0.1, 0.15) is 5.75 Å². The summed E-state index contributed by atoms with van der Waals surface area (Å²) >= 11 is 1.66. The number of amides is 1. The van der Waals surface area contributed by atoms with Gasteiger partial charge < -0.3 is 14.8 Å². The van der Waals surface area contributed by atoms with Crippen LogP contribution in [0.5, 0.6) is 5.75 Å². The molecule has 164 valence electrons. The monoisotopic (exact) mass is 457 g/mol. The number of H-pyrrole nitrogens is 1. The second kappa shape index (κ2) is 8.40. The predicted octanol–water partition coefficient (Wildman–Crippen LogP) is 5.49. The molecule has 0 fully saturated rings. The van der Waals surface area contributed by atoms with Gasteiger partial charge in [-0.15, -0.1) is 11.3 Å². The lowest BCUT2D eigenvalue weighted by Gasteiger charge is -2.12. The number of nitrogens with zero attached hydrogens (tertiary/aromatic N) is 1. The Balaban J connectivity index is 1.56. The number of aromatic amines is 1. The van der Waals surface area contributed by atoms with Crippen molar-refractivity contribution >= 4 is 49.9 Å². The van der Waals surface area contributed by atoms with E-state index in [0.717, 1.165) is 26.7 Å². The van der Waals surface area contributed by atoms with E-state index in [1.807, 2.05) is 18.2 Å². The highest BCUT2D eigenvalue weighted by atomic mass is 32.1. The lowest BCUT2D eigenvalue weighted by molar-refractivity contribution is 0.0600. The summed E-state index contributed by atoms with van der Waals surface area (Å²) in [5.74, 6) is -0.397. The molecule has 0 saturated carbocycles. The number of nitrogens with one attached hydrogen (secondary N) is 2. The summed E-state index contributed by atoms with van der Waals surface area (Å²) in [6.45, 7) is 0. The van der Waals surface area contributed by atoms with E-state index in [0.29, 0.717) is 22.6 Å². The van der Waals surface area contributed by atoms with Crippen LogP contribution >= 0.6 is 11.3 Å². The summed E-state index contributed by atoms with van der Waals surface area (Å²) in [7, 11) is 2.81. The molecule has 0 aliphatic heterocycles. The number of esters is 1. The van der Waals surface area contributed by atoms with E-state index < -0.39 is 5.97 Å². The zero-order valence-electron chi connectivity index (χ0n) is 17.8. The molecule has 5 aromatic rings. The molecule has 3 aromatic carbocycles. The molecule has 0 saturated heterocycles. The maximum atomic E-state index is 13.2. The third kappa shape index (κ3) is 3.81. The number of fused-ring (bicyclic) bond motifs is 2. The van der Waals surface area contributed by atoms with Gasteiger partial charge in [0, 0.05) is 26.1 Å². The van der Waals surface area contributed by atoms with Crippen LogP contribution in [0.3, 0.4) is 0 Å². The van der Waals surface area contributed by atoms with Gasteiger partial charge in [-0.2, -0.15) is 5.10 Å². The first kappa shape index (κ1) is 20.7. The van der Waals surface area contributed by atoms with Crippen molar-refractivity contribution < 1.29 is 19.1 Å². The topological polar surface area (TPSA) is 93.3 Å². The molecule has 5 rings (SSSR count). The number of methoxy groups -OCH3 is 2. The Hall–Kier alpha value is -4.17. The zero-order valence-corrected chi connectivity index (χ0v) is 18.7. The van der Waals surface area contributed by atoms with Crippen molar-refractivity contribution in [1.82, 2.24) is 10.2 Å². The second-order valence-corrected chi connectivity index (χ2v) is 8.45. The summed E-state index contributed by atoms with van der Waals surface area (Å²) in [4.78, 5) is 26.2. The van der Waals surface area contributed by atoms with Gasteiger partial charge in [0.05, 0.1) is 37.2 Å². The van der Waals surface area contributed by atoms with Crippen molar-refractivity contribution in [3.8, 4) is 16.2 Å². The van der Waals surface area contributed by atoms with E-state index in [2.05, 4.69) is 33.7 Å². The highest BCUT2D eigenvalue weighted by Gasteiger charge is 2.17. The van der Waals surface area contributed by atoms with E-state index >= 15 is 0 Å². The van der Waals surface area contributed by atoms with Gasteiger partial charge in [-0.3, -0.25) is 9.89 Å². The van der Waals surface area contributed by atoms with Gasteiger partial charge >= 0.3 is 5.97 Å². The van der Waals surface area contributed by atoms with Crippen molar-refractivity contribution in [1.29, 1.82) is 0 Å². The van der Waals surface area contributed by atoms with Crippen molar-refractivity contribution in [3.05, 3.63) is 78.0 Å². The number of carbonyl (C=O) groups excluding carboxylic acids is 2. The molecule has 2 heterocycles. The average molecular weight is 458 g/mol. The molecule has 0 aliphatic rings. The highest BCUT2D eigenvalue weighted by Crippen LogP contribution is 2.37. The third-order valence-electron chi connectivity index (χ3n) is 5.37. The van der Waals surface area contributed by atoms with Crippen LogP contribution < -0.4 is 10.1 Å². The molecule has 2 N–H and O–H groups in total. The van der Waals surface area contributed by atoms with E-state index in [9.17, 15) is 9.59 Å². The molecule has 1 amide bonds. The maximum Gasteiger partial charge on any atom is 0.337 e. The van der Waals surface area contributed by atoms with E-state index in [4.69, 9.17) is 9.47 Å². The maximum absolute atomic E-state index is 13.2. The van der Waals surface area contributed by atoms with Gasteiger partial charge in [0.15, 0.2) is 0 Å². The Morgan fingerprint density at radius 2 is 1.82 bits per heavy atom. The summed E-state index contributed by atoms with van der Waals surface area (Å²) in [6, 6.07) is 18.6. The fraction of sp³-hybridized carbons (Fsp3) is 0.0800. The molecule has 0 aliphatic carbocycles. The molecule has 0 radical (unpaired) electrons. The van der Waals surface area contributed by atoms with Gasteiger partial charge in [0.2, 0.25) is 0 Å². The third-order valence-corrected chi connectivity index (χ3v) is 6.52. The number of thiophene rings is 1. The van der Waals surface area contributed by atoms with Crippen LogP contribution in [0.2, 0.25) is 0 Å². The fourth-order valence-corrected chi connectivity index (χ4v) is 4.83. The minimum atomic E-state index is -0.500. The molecule has 8 heteroatoms. The van der Waals surface area contributed by atoms with Crippen LogP contribution in [-0.4, -0.2) is 36.3 Å². The number of hydrogen-bond donors (Lipinski definition) is 2. The Labute approximate surface area is 193 Å². The molecular formula is C25H19N3O4S. The van der Waals surface area contributed by atoms with Crippen molar-refractivity contribution in [2.75, 3.05) is 19.5 Å². The van der Waals surface area contributed by atoms with Crippen LogP contribution in [0.15, 0.2) is 66.9 Å². The van der Waals surface area contributed by atoms with Crippen molar-refractivity contribution in [2.24, 2.45) is 0 Å². The summed E-state index contributed by atoms with van der Waals surface area (Å²) < 4.78 is 11.3. The van der Waals surface area contributed by atoms with Crippen molar-refractivity contribution in [3.63, 3.8) is 0 Å². The molecule has 33 heavy (non-hydrogen) atoms. The number of hydrogen-bond acceptors (Lipinski definition) is 6. The predicted molar refractivity (Wildman–Crippen MR) is 129 cm³/mol. The molecule has 0 atom stereocenters. The normalized spacial score (nSPS) is 11.0. The van der Waals surface area contributed by atoms with Crippen LogP contribution in [0.25, 0.3) is 31.4 Å². The van der Waals surface area contributed by atoms with Crippen LogP contribution in [0, 0.1) is 0 Å². The number of benzene rings is 3. The van der Waals surface area contributed by atoms with E-state index in [1.54, 1.807) is 35.7 Å².